The summed E-state index contributed by atoms with van der Waals surface area (Å²) in [5.74, 6) is -0.000580. The maximum Gasteiger partial charge on any atom is 0.242 e. The average Bonchev–Trinajstić information content (AvgIpc) is 2.68. The number of benzene rings is 3. The van der Waals surface area contributed by atoms with E-state index < -0.39 is 5.25 Å². The number of halogens is 1. The van der Waals surface area contributed by atoms with Crippen LogP contribution < -0.4 is 10.1 Å². The maximum absolute atomic E-state index is 14.2. The van der Waals surface area contributed by atoms with Crippen molar-refractivity contribution in [2.75, 3.05) is 12.4 Å². The molecule has 3 rings (SSSR count). The fraction of sp³-hybridized carbons (Fsp3) is 0.136. The van der Waals surface area contributed by atoms with Crippen molar-refractivity contribution in [3.63, 3.8) is 0 Å². The second-order valence-electron chi connectivity index (χ2n) is 6.03. The van der Waals surface area contributed by atoms with E-state index in [1.165, 1.54) is 17.8 Å². The highest BCUT2D eigenvalue weighted by Gasteiger charge is 2.24. The van der Waals surface area contributed by atoms with Crippen LogP contribution in [0.25, 0.3) is 0 Å². The van der Waals surface area contributed by atoms with Gasteiger partial charge in [-0.25, -0.2) is 4.39 Å². The number of hydrogen-bond acceptors (Lipinski definition) is 3. The summed E-state index contributed by atoms with van der Waals surface area (Å²) in [6.07, 6.45) is 0. The molecule has 1 N–H and O–H groups in total. The molecule has 0 aliphatic heterocycles. The van der Waals surface area contributed by atoms with E-state index in [4.69, 9.17) is 4.74 Å². The van der Waals surface area contributed by atoms with Crippen LogP contribution in [0.5, 0.6) is 5.75 Å². The molecule has 138 valence electrons. The summed E-state index contributed by atoms with van der Waals surface area (Å²) < 4.78 is 19.5. The van der Waals surface area contributed by atoms with Gasteiger partial charge in [0, 0.05) is 4.90 Å². The number of hydrogen-bond donors (Lipinski definition) is 1. The Morgan fingerprint density at radius 3 is 2.44 bits per heavy atom. The first kappa shape index (κ1) is 19.0. The van der Waals surface area contributed by atoms with Gasteiger partial charge in [-0.05, 0) is 42.3 Å². The lowest BCUT2D eigenvalue weighted by Gasteiger charge is -2.18. The highest BCUT2D eigenvalue weighted by atomic mass is 32.2. The normalized spacial score (nSPS) is 11.7. The van der Waals surface area contributed by atoms with Gasteiger partial charge in [0.25, 0.3) is 0 Å². The van der Waals surface area contributed by atoms with Gasteiger partial charge in [-0.2, -0.15) is 0 Å². The van der Waals surface area contributed by atoms with Gasteiger partial charge in [-0.1, -0.05) is 48.5 Å². The maximum atomic E-state index is 14.2. The number of methoxy groups -OCH3 is 1. The van der Waals surface area contributed by atoms with E-state index in [0.717, 1.165) is 11.1 Å². The van der Waals surface area contributed by atoms with Crippen LogP contribution in [-0.4, -0.2) is 13.0 Å². The number of rotatable bonds is 6. The van der Waals surface area contributed by atoms with Gasteiger partial charge in [0.15, 0.2) is 0 Å². The fourth-order valence-corrected chi connectivity index (χ4v) is 3.74. The molecule has 0 heterocycles. The Hall–Kier alpha value is -2.79. The quantitative estimate of drug-likeness (QED) is 0.564. The molecule has 3 aromatic carbocycles. The smallest absolute Gasteiger partial charge is 0.242 e. The van der Waals surface area contributed by atoms with Crippen LogP contribution in [0.1, 0.15) is 16.4 Å². The van der Waals surface area contributed by atoms with Crippen molar-refractivity contribution in [1.82, 2.24) is 0 Å². The number of carbonyl (C=O) groups excluding carboxylic acids is 1. The molecule has 1 atom stereocenters. The first-order chi connectivity index (χ1) is 13.1. The third-order valence-corrected chi connectivity index (χ3v) is 5.34. The third-order valence-electron chi connectivity index (χ3n) is 4.03. The van der Waals surface area contributed by atoms with Crippen LogP contribution in [0.4, 0.5) is 10.1 Å². The highest BCUT2D eigenvalue weighted by Crippen LogP contribution is 2.38. The molecule has 0 unspecified atom stereocenters. The topological polar surface area (TPSA) is 38.3 Å². The first-order valence-corrected chi connectivity index (χ1v) is 9.38. The van der Waals surface area contributed by atoms with Crippen molar-refractivity contribution in [1.29, 1.82) is 0 Å². The van der Waals surface area contributed by atoms with Crippen LogP contribution in [0, 0.1) is 12.7 Å². The molecule has 0 aromatic heterocycles. The molecular weight excluding hydrogens is 361 g/mol. The van der Waals surface area contributed by atoms with Gasteiger partial charge in [0.1, 0.15) is 16.8 Å². The molecule has 0 radical (unpaired) electrons. The second kappa shape index (κ2) is 8.73. The Kier molecular flexibility index (Phi) is 6.14. The molecule has 0 spiro atoms. The van der Waals surface area contributed by atoms with Crippen molar-refractivity contribution in [2.24, 2.45) is 0 Å². The van der Waals surface area contributed by atoms with Crippen molar-refractivity contribution >= 4 is 23.4 Å². The summed E-state index contributed by atoms with van der Waals surface area (Å²) in [4.78, 5) is 13.5. The Bertz CT molecular complexity index is 931. The predicted molar refractivity (Wildman–Crippen MR) is 108 cm³/mol. The monoisotopic (exact) mass is 381 g/mol. The Morgan fingerprint density at radius 2 is 1.74 bits per heavy atom. The minimum absolute atomic E-state index is 0.238. The number of thioether (sulfide) groups is 1. The third kappa shape index (κ3) is 4.68. The molecule has 0 saturated carbocycles. The number of ether oxygens (including phenoxy) is 1. The lowest BCUT2D eigenvalue weighted by molar-refractivity contribution is -0.115. The summed E-state index contributed by atoms with van der Waals surface area (Å²) in [5.41, 5.74) is 2.40. The summed E-state index contributed by atoms with van der Waals surface area (Å²) >= 11 is 1.19. The van der Waals surface area contributed by atoms with E-state index in [1.54, 1.807) is 25.3 Å². The number of amides is 1. The summed E-state index contributed by atoms with van der Waals surface area (Å²) in [6.45, 7) is 1.94. The summed E-state index contributed by atoms with van der Waals surface area (Å²) in [5, 5.41) is 2.33. The van der Waals surface area contributed by atoms with Gasteiger partial charge in [0.2, 0.25) is 5.91 Å². The summed E-state index contributed by atoms with van der Waals surface area (Å²) in [6, 6.07) is 21.4. The number of nitrogens with one attached hydrogen (secondary N) is 1. The molecule has 0 aliphatic carbocycles. The molecule has 0 bridgehead atoms. The average molecular weight is 381 g/mol. The van der Waals surface area contributed by atoms with Crippen LogP contribution in [-0.2, 0) is 4.79 Å². The van der Waals surface area contributed by atoms with Gasteiger partial charge in [-0.15, -0.1) is 11.8 Å². The molecule has 0 aliphatic rings. The van der Waals surface area contributed by atoms with Crippen LogP contribution in [0.15, 0.2) is 77.7 Å². The standard InChI is InChI=1S/C22H20FNO2S/c1-15-12-13-19(26-2)18(14-15)24-22(25)21(16-8-4-3-5-9-16)27-20-11-7-6-10-17(20)23/h3-14,21H,1-2H3,(H,24,25)/t21-/m0/s1. The Morgan fingerprint density at radius 1 is 1.04 bits per heavy atom. The molecule has 27 heavy (non-hydrogen) atoms. The Labute approximate surface area is 162 Å². The molecule has 5 heteroatoms. The zero-order valence-electron chi connectivity index (χ0n) is 15.1. The Balaban J connectivity index is 1.92. The lowest BCUT2D eigenvalue weighted by Crippen LogP contribution is -2.19. The van der Waals surface area contributed by atoms with E-state index in [2.05, 4.69) is 5.32 Å². The minimum atomic E-state index is -0.603. The molecule has 3 nitrogen and oxygen atoms in total. The van der Waals surface area contributed by atoms with Gasteiger partial charge in [0.05, 0.1) is 12.8 Å². The number of aryl methyl sites for hydroxylation is 1. The molecule has 1 amide bonds. The predicted octanol–water partition coefficient (Wildman–Crippen LogP) is 5.61. The van der Waals surface area contributed by atoms with Crippen LogP contribution in [0.3, 0.4) is 0 Å². The van der Waals surface area contributed by atoms with E-state index >= 15 is 0 Å². The first-order valence-electron chi connectivity index (χ1n) is 8.50. The molecule has 3 aromatic rings. The summed E-state index contributed by atoms with van der Waals surface area (Å²) in [7, 11) is 1.56. The number of carbonyl (C=O) groups is 1. The van der Waals surface area contributed by atoms with Crippen LogP contribution >= 0.6 is 11.8 Å². The molecule has 0 fully saturated rings. The van der Waals surface area contributed by atoms with Gasteiger partial charge >= 0.3 is 0 Å². The van der Waals surface area contributed by atoms with Crippen molar-refractivity contribution in [2.45, 2.75) is 17.1 Å². The van der Waals surface area contributed by atoms with Crippen molar-refractivity contribution < 1.29 is 13.9 Å². The second-order valence-corrected chi connectivity index (χ2v) is 7.18. The van der Waals surface area contributed by atoms with Gasteiger partial charge < -0.3 is 10.1 Å². The zero-order chi connectivity index (χ0) is 19.2. The molecule has 0 saturated heterocycles. The number of anilines is 1. The van der Waals surface area contributed by atoms with Crippen LogP contribution in [0.2, 0.25) is 0 Å². The van der Waals surface area contributed by atoms with E-state index in [9.17, 15) is 9.18 Å². The fourth-order valence-electron chi connectivity index (χ4n) is 2.69. The zero-order valence-corrected chi connectivity index (χ0v) is 15.9. The van der Waals surface area contributed by atoms with E-state index in [1.807, 2.05) is 55.5 Å². The minimum Gasteiger partial charge on any atom is -0.495 e. The molecular formula is C22H20FNO2S. The van der Waals surface area contributed by atoms with Crippen molar-refractivity contribution in [3.8, 4) is 5.75 Å². The SMILES string of the molecule is COc1ccc(C)cc1NC(=O)[C@@H](Sc1ccccc1F)c1ccccc1. The highest BCUT2D eigenvalue weighted by molar-refractivity contribution is 8.00. The van der Waals surface area contributed by atoms with E-state index in [0.29, 0.717) is 16.3 Å². The van der Waals surface area contributed by atoms with Gasteiger partial charge in [-0.3, -0.25) is 4.79 Å². The van der Waals surface area contributed by atoms with Crippen molar-refractivity contribution in [3.05, 3.63) is 89.7 Å². The van der Waals surface area contributed by atoms with E-state index in [-0.39, 0.29) is 11.7 Å². The lowest BCUT2D eigenvalue weighted by atomic mass is 10.1. The largest absolute Gasteiger partial charge is 0.495 e.